The maximum atomic E-state index is 12.2. The lowest BCUT2D eigenvalue weighted by Gasteiger charge is -2.31. The number of hydrogen-bond acceptors (Lipinski definition) is 5. The molecule has 120 valence electrons. The Morgan fingerprint density at radius 2 is 1.86 bits per heavy atom. The summed E-state index contributed by atoms with van der Waals surface area (Å²) in [5.74, 6) is -0.659. The highest BCUT2D eigenvalue weighted by Gasteiger charge is 2.50. The first kappa shape index (κ1) is 16.1. The Hall–Kier alpha value is -1.23. The second-order valence-electron chi connectivity index (χ2n) is 6.26. The van der Waals surface area contributed by atoms with Crippen LogP contribution in [-0.4, -0.2) is 30.1 Å². The van der Waals surface area contributed by atoms with Crippen LogP contribution in [0.15, 0.2) is 12.0 Å². The summed E-state index contributed by atoms with van der Waals surface area (Å²) in [5, 5.41) is 0. The van der Waals surface area contributed by atoms with E-state index in [2.05, 4.69) is 0 Å². The average Bonchev–Trinajstić information content (AvgIpc) is 2.75. The summed E-state index contributed by atoms with van der Waals surface area (Å²) in [6.07, 6.45) is 5.40. The van der Waals surface area contributed by atoms with Crippen molar-refractivity contribution in [3.63, 3.8) is 0 Å². The summed E-state index contributed by atoms with van der Waals surface area (Å²) < 4.78 is 22.7. The molecule has 2 aliphatic rings. The van der Waals surface area contributed by atoms with Crippen LogP contribution < -0.4 is 0 Å². The van der Waals surface area contributed by atoms with Gasteiger partial charge in [-0.05, 0) is 40.5 Å². The fourth-order valence-corrected chi connectivity index (χ4v) is 2.62. The van der Waals surface area contributed by atoms with Gasteiger partial charge in [0.15, 0.2) is 5.76 Å². The van der Waals surface area contributed by atoms with Crippen molar-refractivity contribution in [1.29, 1.82) is 0 Å². The van der Waals surface area contributed by atoms with Gasteiger partial charge < -0.3 is 18.9 Å². The summed E-state index contributed by atoms with van der Waals surface area (Å²) in [5.41, 5.74) is 0. The molecule has 0 aromatic heterocycles. The third-order valence-corrected chi connectivity index (χ3v) is 3.53. The monoisotopic (exact) mass is 298 g/mol. The lowest BCUT2D eigenvalue weighted by Crippen LogP contribution is -2.35. The minimum absolute atomic E-state index is 0.0192. The van der Waals surface area contributed by atoms with Gasteiger partial charge in [-0.1, -0.05) is 6.42 Å². The van der Waals surface area contributed by atoms with Crippen LogP contribution in [0.1, 0.15) is 59.8 Å². The fraction of sp³-hybridized carbons (Fsp3) is 0.812. The summed E-state index contributed by atoms with van der Waals surface area (Å²) >= 11 is 0. The number of ether oxygens (including phenoxy) is 4. The van der Waals surface area contributed by atoms with Crippen LogP contribution in [0.3, 0.4) is 0 Å². The molecular formula is C16H26O5. The van der Waals surface area contributed by atoms with E-state index in [0.29, 0.717) is 5.76 Å². The highest BCUT2D eigenvalue weighted by atomic mass is 16.8. The topological polar surface area (TPSA) is 54.0 Å². The zero-order valence-corrected chi connectivity index (χ0v) is 13.4. The number of hydrogen-bond donors (Lipinski definition) is 0. The molecular weight excluding hydrogens is 272 g/mol. The fourth-order valence-electron chi connectivity index (χ4n) is 2.62. The van der Waals surface area contributed by atoms with Crippen LogP contribution >= 0.6 is 0 Å². The van der Waals surface area contributed by atoms with Gasteiger partial charge in [-0.3, -0.25) is 0 Å². The molecule has 2 fully saturated rings. The normalized spacial score (nSPS) is 26.4. The van der Waals surface area contributed by atoms with E-state index in [0.717, 1.165) is 25.7 Å². The SMILES string of the molecule is CC(C)O/C=C1\OC2(CCCCC2)OC1C(=O)OC(C)C. The highest BCUT2D eigenvalue weighted by molar-refractivity contribution is 5.78. The first-order chi connectivity index (χ1) is 9.92. The Labute approximate surface area is 126 Å². The molecule has 1 atom stereocenters. The van der Waals surface area contributed by atoms with Gasteiger partial charge in [0.05, 0.1) is 12.2 Å². The molecule has 1 aliphatic heterocycles. The van der Waals surface area contributed by atoms with Crippen LogP contribution in [0.4, 0.5) is 0 Å². The second-order valence-corrected chi connectivity index (χ2v) is 6.26. The number of carbonyl (C=O) groups excluding carboxylic acids is 1. The second kappa shape index (κ2) is 6.69. The van der Waals surface area contributed by atoms with E-state index in [-0.39, 0.29) is 12.2 Å². The summed E-state index contributed by atoms with van der Waals surface area (Å²) in [4.78, 5) is 12.2. The molecule has 1 saturated heterocycles. The van der Waals surface area contributed by atoms with Crippen LogP contribution in [-0.2, 0) is 23.7 Å². The van der Waals surface area contributed by atoms with E-state index in [1.807, 2.05) is 27.7 Å². The summed E-state index contributed by atoms with van der Waals surface area (Å²) in [6.45, 7) is 7.48. The summed E-state index contributed by atoms with van der Waals surface area (Å²) in [6, 6.07) is 0. The van der Waals surface area contributed by atoms with E-state index in [1.54, 1.807) is 0 Å². The van der Waals surface area contributed by atoms with Crippen molar-refractivity contribution >= 4 is 5.97 Å². The Balaban J connectivity index is 2.13. The van der Waals surface area contributed by atoms with E-state index in [1.165, 1.54) is 12.7 Å². The molecule has 1 unspecified atom stereocenters. The quantitative estimate of drug-likeness (QED) is 0.589. The van der Waals surface area contributed by atoms with Gasteiger partial charge in [0.2, 0.25) is 11.9 Å². The number of carbonyl (C=O) groups is 1. The number of rotatable bonds is 4. The van der Waals surface area contributed by atoms with Crippen molar-refractivity contribution in [1.82, 2.24) is 0 Å². The first-order valence-corrected chi connectivity index (χ1v) is 7.85. The van der Waals surface area contributed by atoms with Crippen molar-refractivity contribution in [3.05, 3.63) is 12.0 Å². The maximum absolute atomic E-state index is 12.2. The molecule has 0 radical (unpaired) electrons. The van der Waals surface area contributed by atoms with Crippen LogP contribution in [0, 0.1) is 0 Å². The highest BCUT2D eigenvalue weighted by Crippen LogP contribution is 2.42. The van der Waals surface area contributed by atoms with Crippen LogP contribution in [0.5, 0.6) is 0 Å². The minimum atomic E-state index is -0.816. The molecule has 1 heterocycles. The zero-order chi connectivity index (χ0) is 15.5. The average molecular weight is 298 g/mol. The predicted molar refractivity (Wildman–Crippen MR) is 77.3 cm³/mol. The molecule has 1 aliphatic carbocycles. The van der Waals surface area contributed by atoms with Gasteiger partial charge >= 0.3 is 5.97 Å². The predicted octanol–water partition coefficient (Wildman–Crippen LogP) is 3.28. The van der Waals surface area contributed by atoms with Crippen molar-refractivity contribution in [2.45, 2.75) is 83.9 Å². The Morgan fingerprint density at radius 3 is 2.43 bits per heavy atom. The van der Waals surface area contributed by atoms with E-state index in [4.69, 9.17) is 18.9 Å². The third-order valence-electron chi connectivity index (χ3n) is 3.53. The lowest BCUT2D eigenvalue weighted by atomic mass is 9.94. The van der Waals surface area contributed by atoms with Crippen molar-refractivity contribution < 1.29 is 23.7 Å². The van der Waals surface area contributed by atoms with Gasteiger partial charge in [0, 0.05) is 12.8 Å². The first-order valence-electron chi connectivity index (χ1n) is 7.85. The van der Waals surface area contributed by atoms with Crippen LogP contribution in [0.2, 0.25) is 0 Å². The molecule has 21 heavy (non-hydrogen) atoms. The zero-order valence-electron chi connectivity index (χ0n) is 13.4. The Kier molecular flexibility index (Phi) is 5.14. The van der Waals surface area contributed by atoms with Gasteiger partial charge in [-0.2, -0.15) is 0 Å². The number of esters is 1. The summed E-state index contributed by atoms with van der Waals surface area (Å²) in [7, 11) is 0. The van der Waals surface area contributed by atoms with Crippen LogP contribution in [0.25, 0.3) is 0 Å². The van der Waals surface area contributed by atoms with E-state index in [9.17, 15) is 4.79 Å². The molecule has 5 nitrogen and oxygen atoms in total. The molecule has 5 heteroatoms. The molecule has 2 rings (SSSR count). The van der Waals surface area contributed by atoms with Crippen molar-refractivity contribution in [2.24, 2.45) is 0 Å². The molecule has 0 aromatic rings. The maximum Gasteiger partial charge on any atom is 0.343 e. The third kappa shape index (κ3) is 4.13. The van der Waals surface area contributed by atoms with Gasteiger partial charge in [-0.25, -0.2) is 4.79 Å². The Bertz CT molecular complexity index is 393. The minimum Gasteiger partial charge on any atom is -0.495 e. The molecule has 0 bridgehead atoms. The molecule has 0 amide bonds. The van der Waals surface area contributed by atoms with E-state index < -0.39 is 17.9 Å². The Morgan fingerprint density at radius 1 is 1.19 bits per heavy atom. The molecule has 1 spiro atoms. The molecule has 0 N–H and O–H groups in total. The molecule has 0 aromatic carbocycles. The van der Waals surface area contributed by atoms with Gasteiger partial charge in [0.25, 0.3) is 0 Å². The smallest absolute Gasteiger partial charge is 0.343 e. The lowest BCUT2D eigenvalue weighted by molar-refractivity contribution is -0.195. The van der Waals surface area contributed by atoms with Crippen molar-refractivity contribution in [2.75, 3.05) is 0 Å². The van der Waals surface area contributed by atoms with Gasteiger partial charge in [0.1, 0.15) is 6.26 Å². The van der Waals surface area contributed by atoms with E-state index >= 15 is 0 Å². The van der Waals surface area contributed by atoms with Gasteiger partial charge in [-0.15, -0.1) is 0 Å². The standard InChI is InChI=1S/C16H26O5/c1-11(2)18-10-13-14(15(17)19-12(3)4)21-16(20-13)8-6-5-7-9-16/h10-12,14H,5-9H2,1-4H3/b13-10-. The largest absolute Gasteiger partial charge is 0.495 e. The van der Waals surface area contributed by atoms with Crippen molar-refractivity contribution in [3.8, 4) is 0 Å². The molecule has 1 saturated carbocycles.